The molecule has 0 N–H and O–H groups in total. The van der Waals surface area contributed by atoms with Gasteiger partial charge in [-0.15, -0.1) is 0 Å². The van der Waals surface area contributed by atoms with E-state index in [9.17, 15) is 0 Å². The fourth-order valence-corrected chi connectivity index (χ4v) is 6.11. The Labute approximate surface area is 258 Å². The molecule has 0 aromatic heterocycles. The second-order valence-electron chi connectivity index (χ2n) is 10.9. The molecule has 2 fully saturated rings. The summed E-state index contributed by atoms with van der Waals surface area (Å²) in [6.07, 6.45) is -0.374. The van der Waals surface area contributed by atoms with Crippen LogP contribution in [0.25, 0.3) is 0 Å². The molecule has 0 aliphatic carbocycles. The first-order chi connectivity index (χ1) is 21.6. The second-order valence-corrected chi connectivity index (χ2v) is 10.9. The lowest BCUT2D eigenvalue weighted by Gasteiger charge is -2.21. The number of rotatable bonds is 12. The van der Waals surface area contributed by atoms with Crippen molar-refractivity contribution < 1.29 is 37.9 Å². The molecule has 2 saturated heterocycles. The molecule has 2 aliphatic rings. The van der Waals surface area contributed by atoms with E-state index in [4.69, 9.17) is 37.9 Å². The van der Waals surface area contributed by atoms with Gasteiger partial charge in [0.15, 0.2) is 23.0 Å². The van der Waals surface area contributed by atoms with Gasteiger partial charge in [0.2, 0.25) is 11.5 Å². The van der Waals surface area contributed by atoms with E-state index in [-0.39, 0.29) is 24.0 Å². The number of benzene rings is 4. The van der Waals surface area contributed by atoms with Crippen LogP contribution in [-0.2, 0) is 22.7 Å². The van der Waals surface area contributed by atoms with Gasteiger partial charge in [-0.1, -0.05) is 60.7 Å². The molecule has 8 nitrogen and oxygen atoms in total. The van der Waals surface area contributed by atoms with Gasteiger partial charge in [0, 0.05) is 11.8 Å². The molecule has 0 radical (unpaired) electrons. The Hall–Kier alpha value is -4.40. The summed E-state index contributed by atoms with van der Waals surface area (Å²) in [6, 6.07) is 27.9. The van der Waals surface area contributed by atoms with Crippen molar-refractivity contribution in [2.75, 3.05) is 41.7 Å². The van der Waals surface area contributed by atoms with E-state index in [0.29, 0.717) is 60.9 Å². The van der Waals surface area contributed by atoms with Crippen LogP contribution in [0.4, 0.5) is 0 Å². The molecule has 2 aliphatic heterocycles. The number of methoxy groups -OCH3 is 4. The smallest absolute Gasteiger partial charge is 0.203 e. The van der Waals surface area contributed by atoms with E-state index in [1.165, 1.54) is 0 Å². The van der Waals surface area contributed by atoms with E-state index in [1.807, 2.05) is 84.9 Å². The van der Waals surface area contributed by atoms with Gasteiger partial charge in [-0.2, -0.15) is 0 Å². The predicted octanol–water partition coefficient (Wildman–Crippen LogP) is 6.95. The first-order valence-corrected chi connectivity index (χ1v) is 14.7. The maximum Gasteiger partial charge on any atom is 0.203 e. The van der Waals surface area contributed by atoms with Crippen LogP contribution >= 0.6 is 0 Å². The van der Waals surface area contributed by atoms with E-state index < -0.39 is 0 Å². The molecule has 0 amide bonds. The fraction of sp³-hybridized carbons (Fsp3) is 0.333. The minimum atomic E-state index is -0.187. The molecule has 0 spiro atoms. The van der Waals surface area contributed by atoms with Gasteiger partial charge in [-0.05, 0) is 46.5 Å². The largest absolute Gasteiger partial charge is 0.493 e. The standard InChI is InChI=1S/C36H38O8/c1-37-29-15-25(16-30(38-2)35(29)41-19-23-11-7-5-8-12-23)33-27-21-44-34(28(27)22-43-33)26-17-31(39-3)36(32(18-26)40-4)42-20-24-13-9-6-10-14-24/h5-18,27-28,33-34H,19-22H2,1-4H3/t27-,28-,33+,34+/m0/s1. The predicted molar refractivity (Wildman–Crippen MR) is 165 cm³/mol. The molecule has 4 aromatic carbocycles. The zero-order valence-electron chi connectivity index (χ0n) is 25.5. The van der Waals surface area contributed by atoms with Crippen LogP contribution in [0, 0.1) is 11.8 Å². The summed E-state index contributed by atoms with van der Waals surface area (Å²) in [7, 11) is 6.54. The molecule has 230 valence electrons. The highest BCUT2D eigenvalue weighted by atomic mass is 16.5. The Morgan fingerprint density at radius 1 is 0.523 bits per heavy atom. The normalized spacial score (nSPS) is 20.5. The maximum absolute atomic E-state index is 6.43. The highest BCUT2D eigenvalue weighted by Gasteiger charge is 2.48. The summed E-state index contributed by atoms with van der Waals surface area (Å²) in [6.45, 7) is 1.90. The first-order valence-electron chi connectivity index (χ1n) is 14.7. The van der Waals surface area contributed by atoms with Crippen molar-refractivity contribution in [3.05, 3.63) is 107 Å². The Kier molecular flexibility index (Phi) is 9.09. The molecule has 8 heteroatoms. The maximum atomic E-state index is 6.43. The van der Waals surface area contributed by atoms with Crippen molar-refractivity contribution in [2.45, 2.75) is 25.4 Å². The van der Waals surface area contributed by atoms with Crippen molar-refractivity contribution >= 4 is 0 Å². The number of hydrogen-bond donors (Lipinski definition) is 0. The molecule has 0 bridgehead atoms. The van der Waals surface area contributed by atoms with Gasteiger partial charge in [0.1, 0.15) is 13.2 Å². The quantitative estimate of drug-likeness (QED) is 0.173. The van der Waals surface area contributed by atoms with Crippen LogP contribution in [0.3, 0.4) is 0 Å². The third kappa shape index (κ3) is 6.00. The topological polar surface area (TPSA) is 73.8 Å². The van der Waals surface area contributed by atoms with Crippen LogP contribution in [0.15, 0.2) is 84.9 Å². The molecule has 0 saturated carbocycles. The lowest BCUT2D eigenvalue weighted by atomic mass is 9.84. The third-order valence-electron chi connectivity index (χ3n) is 8.34. The van der Waals surface area contributed by atoms with E-state index in [0.717, 1.165) is 22.3 Å². The average Bonchev–Trinajstić information content (AvgIpc) is 3.69. The SMILES string of the molecule is COc1cc([C@H]2OC[C@H]3[C@@H]2CO[C@@H]3c2cc(OC)c(OCc3ccccc3)c(OC)c2)cc(OC)c1OCc1ccccc1. The molecule has 4 atom stereocenters. The monoisotopic (exact) mass is 598 g/mol. The summed E-state index contributed by atoms with van der Waals surface area (Å²) in [4.78, 5) is 0. The highest BCUT2D eigenvalue weighted by Crippen LogP contribution is 2.53. The number of fused-ring (bicyclic) bond motifs is 1. The summed E-state index contributed by atoms with van der Waals surface area (Å²) in [5.74, 6) is 3.78. The summed E-state index contributed by atoms with van der Waals surface area (Å²) in [5, 5.41) is 0. The van der Waals surface area contributed by atoms with Gasteiger partial charge in [0.25, 0.3) is 0 Å². The molecule has 0 unspecified atom stereocenters. The van der Waals surface area contributed by atoms with Crippen molar-refractivity contribution in [1.82, 2.24) is 0 Å². The van der Waals surface area contributed by atoms with Crippen LogP contribution in [0.1, 0.15) is 34.5 Å². The molecule has 2 heterocycles. The van der Waals surface area contributed by atoms with Crippen molar-refractivity contribution in [3.63, 3.8) is 0 Å². The third-order valence-corrected chi connectivity index (χ3v) is 8.34. The fourth-order valence-electron chi connectivity index (χ4n) is 6.11. The van der Waals surface area contributed by atoms with Crippen molar-refractivity contribution in [2.24, 2.45) is 11.8 Å². The zero-order valence-corrected chi connectivity index (χ0v) is 25.5. The molecule has 4 aromatic rings. The van der Waals surface area contributed by atoms with Crippen molar-refractivity contribution in [3.8, 4) is 34.5 Å². The van der Waals surface area contributed by atoms with Crippen LogP contribution in [0.2, 0.25) is 0 Å². The van der Waals surface area contributed by atoms with Gasteiger partial charge < -0.3 is 37.9 Å². The lowest BCUT2D eigenvalue weighted by Crippen LogP contribution is -2.15. The molecular weight excluding hydrogens is 560 g/mol. The van der Waals surface area contributed by atoms with Crippen molar-refractivity contribution in [1.29, 1.82) is 0 Å². The zero-order chi connectivity index (χ0) is 30.5. The Morgan fingerprint density at radius 3 is 1.18 bits per heavy atom. The first kappa shape index (κ1) is 29.7. The highest BCUT2D eigenvalue weighted by molar-refractivity contribution is 5.56. The van der Waals surface area contributed by atoms with Crippen LogP contribution in [0.5, 0.6) is 34.5 Å². The van der Waals surface area contributed by atoms with Crippen LogP contribution in [-0.4, -0.2) is 41.7 Å². The van der Waals surface area contributed by atoms with Gasteiger partial charge in [-0.25, -0.2) is 0 Å². The Bertz CT molecular complexity index is 1370. The molecule has 6 rings (SSSR count). The average molecular weight is 599 g/mol. The summed E-state index contributed by atoms with van der Waals surface area (Å²) in [5.41, 5.74) is 4.03. The Morgan fingerprint density at radius 2 is 0.864 bits per heavy atom. The van der Waals surface area contributed by atoms with E-state index >= 15 is 0 Å². The number of ether oxygens (including phenoxy) is 8. The summed E-state index contributed by atoms with van der Waals surface area (Å²) >= 11 is 0. The molecular formula is C36H38O8. The van der Waals surface area contributed by atoms with Gasteiger partial charge in [-0.3, -0.25) is 0 Å². The van der Waals surface area contributed by atoms with Gasteiger partial charge in [0.05, 0.1) is 53.9 Å². The summed E-state index contributed by atoms with van der Waals surface area (Å²) < 4.78 is 48.2. The van der Waals surface area contributed by atoms with Gasteiger partial charge >= 0.3 is 0 Å². The van der Waals surface area contributed by atoms with E-state index in [2.05, 4.69) is 0 Å². The van der Waals surface area contributed by atoms with Crippen LogP contribution < -0.4 is 28.4 Å². The minimum Gasteiger partial charge on any atom is -0.493 e. The second kappa shape index (κ2) is 13.5. The lowest BCUT2D eigenvalue weighted by molar-refractivity contribution is 0.0190. The number of hydrogen-bond acceptors (Lipinski definition) is 8. The van der Waals surface area contributed by atoms with E-state index in [1.54, 1.807) is 28.4 Å². The minimum absolute atomic E-state index is 0.136. The Balaban J connectivity index is 1.21. The molecule has 44 heavy (non-hydrogen) atoms.